The summed E-state index contributed by atoms with van der Waals surface area (Å²) in [6.07, 6.45) is -0.701. The molecule has 0 unspecified atom stereocenters. The molecule has 0 aliphatic carbocycles. The number of amidine groups is 1. The highest BCUT2D eigenvalue weighted by Crippen LogP contribution is 2.22. The monoisotopic (exact) mass is 312 g/mol. The predicted molar refractivity (Wildman–Crippen MR) is 89.2 cm³/mol. The van der Waals surface area contributed by atoms with Crippen LogP contribution in [0.5, 0.6) is 5.75 Å². The summed E-state index contributed by atoms with van der Waals surface area (Å²) < 4.78 is 5.90. The van der Waals surface area contributed by atoms with Crippen molar-refractivity contribution in [3.63, 3.8) is 0 Å². The fourth-order valence-corrected chi connectivity index (χ4v) is 2.85. The highest BCUT2D eigenvalue weighted by Gasteiger charge is 2.24. The molecule has 0 saturated carbocycles. The number of carbonyl (C=O) groups excluding carboxylic acids is 1. The molecule has 4 nitrogen and oxygen atoms in total. The fraction of sp³-hybridized carbons (Fsp3) is 0.176. The van der Waals surface area contributed by atoms with Gasteiger partial charge in [0, 0.05) is 11.3 Å². The van der Waals surface area contributed by atoms with E-state index in [1.54, 1.807) is 11.8 Å². The Morgan fingerprint density at radius 3 is 2.41 bits per heavy atom. The Hall–Kier alpha value is -2.27. The Morgan fingerprint density at radius 2 is 1.77 bits per heavy atom. The van der Waals surface area contributed by atoms with E-state index in [4.69, 9.17) is 4.74 Å². The number of carbonyl (C=O) groups is 1. The van der Waals surface area contributed by atoms with Gasteiger partial charge < -0.3 is 10.1 Å². The lowest BCUT2D eigenvalue weighted by Crippen LogP contribution is -2.35. The maximum Gasteiger partial charge on any atom is 0.271 e. The minimum Gasteiger partial charge on any atom is -0.476 e. The highest BCUT2D eigenvalue weighted by atomic mass is 32.2. The van der Waals surface area contributed by atoms with Crippen molar-refractivity contribution in [1.29, 1.82) is 0 Å². The van der Waals surface area contributed by atoms with Gasteiger partial charge in [-0.1, -0.05) is 60.3 Å². The first-order chi connectivity index (χ1) is 10.8. The number of nitrogens with zero attached hydrogens (tertiary/aromatic N) is 1. The van der Waals surface area contributed by atoms with Crippen LogP contribution < -0.4 is 10.1 Å². The van der Waals surface area contributed by atoms with Crippen LogP contribution in [0.4, 0.5) is 0 Å². The standard InChI is InChI=1S/C17H16N2O2S/c20-16(19-17-18-11-12-22-17)15(13-7-3-1-4-8-13)21-14-9-5-2-6-10-14/h1-10,15H,11-12H2,(H,18,19,20)/t15-/m1/s1. The van der Waals surface area contributed by atoms with Crippen LogP contribution in [0.2, 0.25) is 0 Å². The summed E-state index contributed by atoms with van der Waals surface area (Å²) in [5.41, 5.74) is 0.812. The third-order valence-corrected chi connectivity index (χ3v) is 4.04. The summed E-state index contributed by atoms with van der Waals surface area (Å²) in [6.45, 7) is 0.746. The molecule has 0 bridgehead atoms. The van der Waals surface area contributed by atoms with Crippen LogP contribution >= 0.6 is 11.8 Å². The molecule has 22 heavy (non-hydrogen) atoms. The van der Waals surface area contributed by atoms with E-state index in [1.165, 1.54) is 0 Å². The van der Waals surface area contributed by atoms with Crippen LogP contribution in [0.15, 0.2) is 65.7 Å². The topological polar surface area (TPSA) is 50.7 Å². The number of para-hydroxylation sites is 1. The van der Waals surface area contributed by atoms with Gasteiger partial charge in [0.2, 0.25) is 6.10 Å². The van der Waals surface area contributed by atoms with Crippen molar-refractivity contribution < 1.29 is 9.53 Å². The number of hydrogen-bond donors (Lipinski definition) is 1. The van der Waals surface area contributed by atoms with Gasteiger partial charge in [-0.3, -0.25) is 9.79 Å². The largest absolute Gasteiger partial charge is 0.476 e. The van der Waals surface area contributed by atoms with Crippen LogP contribution in [-0.4, -0.2) is 23.4 Å². The van der Waals surface area contributed by atoms with Crippen molar-refractivity contribution in [3.8, 4) is 5.75 Å². The Balaban J connectivity index is 1.81. The average Bonchev–Trinajstić information content (AvgIpc) is 3.07. The maximum atomic E-state index is 12.6. The summed E-state index contributed by atoms with van der Waals surface area (Å²) in [5, 5.41) is 3.52. The summed E-state index contributed by atoms with van der Waals surface area (Å²) in [4.78, 5) is 16.8. The molecule has 2 aromatic rings. The molecule has 1 aliphatic heterocycles. The summed E-state index contributed by atoms with van der Waals surface area (Å²) in [6, 6.07) is 18.8. The first kappa shape index (κ1) is 14.7. The molecule has 0 radical (unpaired) electrons. The van der Waals surface area contributed by atoms with Gasteiger partial charge in [0.05, 0.1) is 6.54 Å². The molecule has 0 fully saturated rings. The third-order valence-electron chi connectivity index (χ3n) is 3.15. The van der Waals surface area contributed by atoms with Gasteiger partial charge in [-0.25, -0.2) is 0 Å². The van der Waals surface area contributed by atoms with Crippen LogP contribution in [0.1, 0.15) is 11.7 Å². The third kappa shape index (κ3) is 3.68. The molecule has 0 saturated heterocycles. The zero-order valence-corrected chi connectivity index (χ0v) is 12.8. The number of benzene rings is 2. The van der Waals surface area contributed by atoms with Crippen molar-refractivity contribution in [2.45, 2.75) is 6.10 Å². The van der Waals surface area contributed by atoms with Gasteiger partial charge in [0.15, 0.2) is 5.17 Å². The minimum atomic E-state index is -0.701. The van der Waals surface area contributed by atoms with Gasteiger partial charge in [-0.15, -0.1) is 0 Å². The fourth-order valence-electron chi connectivity index (χ4n) is 2.12. The highest BCUT2D eigenvalue weighted by molar-refractivity contribution is 8.14. The van der Waals surface area contributed by atoms with E-state index in [-0.39, 0.29) is 5.91 Å². The SMILES string of the molecule is O=C(NC1=NCCS1)[C@H](Oc1ccccc1)c1ccccc1. The number of rotatable bonds is 4. The van der Waals surface area contributed by atoms with Gasteiger partial charge in [-0.2, -0.15) is 0 Å². The summed E-state index contributed by atoms with van der Waals surface area (Å²) >= 11 is 1.55. The molecule has 1 aliphatic rings. The molecule has 1 N–H and O–H groups in total. The number of thioether (sulfide) groups is 1. The lowest BCUT2D eigenvalue weighted by Gasteiger charge is -2.19. The Kier molecular flexibility index (Phi) is 4.75. The van der Waals surface area contributed by atoms with Crippen LogP contribution in [0, 0.1) is 0 Å². The molecule has 112 valence electrons. The normalized spacial score (nSPS) is 15.0. The average molecular weight is 312 g/mol. The number of nitrogens with one attached hydrogen (secondary N) is 1. The quantitative estimate of drug-likeness (QED) is 0.944. The number of amides is 1. The second-order valence-corrected chi connectivity index (χ2v) is 5.83. The second-order valence-electron chi connectivity index (χ2n) is 4.75. The molecule has 0 spiro atoms. The van der Waals surface area contributed by atoms with E-state index in [1.807, 2.05) is 60.7 Å². The minimum absolute atomic E-state index is 0.205. The van der Waals surface area contributed by atoms with Gasteiger partial charge >= 0.3 is 0 Å². The zero-order chi connectivity index (χ0) is 15.2. The van der Waals surface area contributed by atoms with Crippen LogP contribution in [-0.2, 0) is 4.79 Å². The molecule has 1 atom stereocenters. The molecular formula is C17H16N2O2S. The first-order valence-corrected chi connectivity index (χ1v) is 8.06. The Morgan fingerprint density at radius 1 is 1.09 bits per heavy atom. The van der Waals surface area contributed by atoms with Crippen molar-refractivity contribution in [3.05, 3.63) is 66.2 Å². The van der Waals surface area contributed by atoms with Crippen molar-refractivity contribution in [2.24, 2.45) is 4.99 Å². The summed E-state index contributed by atoms with van der Waals surface area (Å²) in [7, 11) is 0. The van der Waals surface area contributed by atoms with E-state index in [2.05, 4.69) is 10.3 Å². The second kappa shape index (κ2) is 7.13. The zero-order valence-electron chi connectivity index (χ0n) is 11.9. The Bertz CT molecular complexity index is 659. The number of aliphatic imine (C=N–C) groups is 1. The summed E-state index contributed by atoms with van der Waals surface area (Å²) in [5.74, 6) is 1.36. The van der Waals surface area contributed by atoms with E-state index in [9.17, 15) is 4.79 Å². The van der Waals surface area contributed by atoms with Gasteiger partial charge in [0.25, 0.3) is 5.91 Å². The molecule has 5 heteroatoms. The van der Waals surface area contributed by atoms with Crippen LogP contribution in [0.3, 0.4) is 0 Å². The molecular weight excluding hydrogens is 296 g/mol. The van der Waals surface area contributed by atoms with E-state index in [0.29, 0.717) is 10.9 Å². The van der Waals surface area contributed by atoms with E-state index in [0.717, 1.165) is 17.9 Å². The molecule has 3 rings (SSSR count). The number of hydrogen-bond acceptors (Lipinski definition) is 4. The predicted octanol–water partition coefficient (Wildman–Crippen LogP) is 3.03. The lowest BCUT2D eigenvalue weighted by atomic mass is 10.1. The van der Waals surface area contributed by atoms with Crippen LogP contribution in [0.25, 0.3) is 0 Å². The molecule has 1 amide bonds. The van der Waals surface area contributed by atoms with Gasteiger partial charge in [0.1, 0.15) is 5.75 Å². The van der Waals surface area contributed by atoms with Crippen molar-refractivity contribution in [2.75, 3.05) is 12.3 Å². The van der Waals surface area contributed by atoms with Crippen molar-refractivity contribution in [1.82, 2.24) is 5.32 Å². The molecule has 1 heterocycles. The number of ether oxygens (including phenoxy) is 1. The van der Waals surface area contributed by atoms with Crippen molar-refractivity contribution >= 4 is 22.8 Å². The maximum absolute atomic E-state index is 12.6. The first-order valence-electron chi connectivity index (χ1n) is 7.08. The lowest BCUT2D eigenvalue weighted by molar-refractivity contribution is -0.126. The van der Waals surface area contributed by atoms with Gasteiger partial charge in [-0.05, 0) is 12.1 Å². The molecule has 0 aromatic heterocycles. The van der Waals surface area contributed by atoms with E-state index < -0.39 is 6.10 Å². The smallest absolute Gasteiger partial charge is 0.271 e. The Labute approximate surface area is 133 Å². The van der Waals surface area contributed by atoms with E-state index >= 15 is 0 Å². The molecule has 2 aromatic carbocycles.